The summed E-state index contributed by atoms with van der Waals surface area (Å²) in [6, 6.07) is 0. The van der Waals surface area contributed by atoms with Gasteiger partial charge >= 0.3 is 0 Å². The van der Waals surface area contributed by atoms with Crippen LogP contribution in [0.1, 0.15) is 12.5 Å². The molecule has 0 fully saturated rings. The number of nitrogens with zero attached hydrogens (tertiary/aromatic N) is 1. The molecule has 0 aromatic heterocycles. The Hall–Kier alpha value is -1.74. The Morgan fingerprint density at radius 1 is 1.00 bits per heavy atom. The van der Waals surface area contributed by atoms with E-state index in [9.17, 15) is 17.6 Å². The van der Waals surface area contributed by atoms with Crippen molar-refractivity contribution < 1.29 is 22.7 Å². The monoisotopic (exact) mass is 261 g/mol. The molecule has 0 aliphatic heterocycles. The number of hydrogen-bond acceptors (Lipinski definition) is 2. The van der Waals surface area contributed by atoms with Gasteiger partial charge in [-0.3, -0.25) is 0 Å². The number of aliphatic hydroxyl groups is 1. The number of anilines is 1. The molecule has 0 saturated carbocycles. The van der Waals surface area contributed by atoms with E-state index in [-0.39, 0.29) is 0 Å². The van der Waals surface area contributed by atoms with Crippen LogP contribution in [0, 0.1) is 35.1 Å². The fourth-order valence-electron chi connectivity index (χ4n) is 1.30. The van der Waals surface area contributed by atoms with Gasteiger partial charge in [-0.05, 0) is 6.92 Å². The molecule has 0 radical (unpaired) electrons. The topological polar surface area (TPSA) is 23.5 Å². The van der Waals surface area contributed by atoms with Crippen LogP contribution in [0.2, 0.25) is 0 Å². The number of benzene rings is 1. The lowest BCUT2D eigenvalue weighted by Crippen LogP contribution is -2.16. The summed E-state index contributed by atoms with van der Waals surface area (Å²) in [7, 11) is 2.50. The Balaban J connectivity index is 3.55. The predicted molar refractivity (Wildman–Crippen MR) is 59.2 cm³/mol. The molecule has 18 heavy (non-hydrogen) atoms. The van der Waals surface area contributed by atoms with E-state index in [2.05, 4.69) is 0 Å². The second-order valence-electron chi connectivity index (χ2n) is 3.82. The van der Waals surface area contributed by atoms with Crippen LogP contribution in [0.25, 0.3) is 0 Å². The summed E-state index contributed by atoms with van der Waals surface area (Å²) in [5, 5.41) is 8.86. The average Bonchev–Trinajstić information content (AvgIpc) is 2.26. The molecule has 1 rings (SSSR count). The van der Waals surface area contributed by atoms with Crippen LogP contribution in [0.15, 0.2) is 0 Å². The Morgan fingerprint density at radius 2 is 1.44 bits per heavy atom. The van der Waals surface area contributed by atoms with E-state index < -0.39 is 40.6 Å². The zero-order valence-electron chi connectivity index (χ0n) is 9.98. The molecule has 0 heterocycles. The normalized spacial score (nSPS) is 11.8. The van der Waals surface area contributed by atoms with Gasteiger partial charge in [0, 0.05) is 14.1 Å². The summed E-state index contributed by atoms with van der Waals surface area (Å²) in [5.41, 5.74) is -1.84. The van der Waals surface area contributed by atoms with Gasteiger partial charge < -0.3 is 10.0 Å². The van der Waals surface area contributed by atoms with Crippen LogP contribution in [0.4, 0.5) is 23.2 Å². The van der Waals surface area contributed by atoms with Crippen molar-refractivity contribution in [2.45, 2.75) is 13.0 Å². The molecule has 0 amide bonds. The molecular formula is C12H11F4NO. The number of halogens is 4. The van der Waals surface area contributed by atoms with Gasteiger partial charge in [0.25, 0.3) is 0 Å². The van der Waals surface area contributed by atoms with Crippen molar-refractivity contribution in [2.24, 2.45) is 0 Å². The molecule has 0 bridgehead atoms. The van der Waals surface area contributed by atoms with Gasteiger partial charge in [-0.25, -0.2) is 17.6 Å². The first-order valence-electron chi connectivity index (χ1n) is 5.00. The highest BCUT2D eigenvalue weighted by molar-refractivity contribution is 5.54. The fraction of sp³-hybridized carbons (Fsp3) is 0.333. The van der Waals surface area contributed by atoms with E-state index >= 15 is 0 Å². The molecular weight excluding hydrogens is 250 g/mol. The maximum atomic E-state index is 13.5. The maximum Gasteiger partial charge on any atom is 0.186 e. The van der Waals surface area contributed by atoms with Crippen molar-refractivity contribution in [3.63, 3.8) is 0 Å². The van der Waals surface area contributed by atoms with Gasteiger partial charge in [0.1, 0.15) is 17.4 Å². The molecule has 6 heteroatoms. The molecule has 1 unspecified atom stereocenters. The van der Waals surface area contributed by atoms with E-state index in [0.29, 0.717) is 0 Å². The van der Waals surface area contributed by atoms with Gasteiger partial charge in [-0.1, -0.05) is 11.8 Å². The SMILES string of the molecule is CC(O)C#Cc1c(F)c(F)c(N(C)C)c(F)c1F. The summed E-state index contributed by atoms with van der Waals surface area (Å²) in [4.78, 5) is 0.919. The third-order valence-corrected chi connectivity index (χ3v) is 2.09. The Bertz CT molecular complexity index is 500. The van der Waals surface area contributed by atoms with Gasteiger partial charge in [0.2, 0.25) is 0 Å². The molecule has 0 aliphatic rings. The number of rotatable bonds is 1. The smallest absolute Gasteiger partial charge is 0.186 e. The number of aliphatic hydroxyl groups excluding tert-OH is 1. The minimum atomic E-state index is -1.58. The van der Waals surface area contributed by atoms with Crippen LogP contribution in [0.5, 0.6) is 0 Å². The quantitative estimate of drug-likeness (QED) is 0.475. The predicted octanol–water partition coefficient (Wildman–Crippen LogP) is 2.04. The van der Waals surface area contributed by atoms with Gasteiger partial charge in [0.15, 0.2) is 23.3 Å². The summed E-state index contributed by atoms with van der Waals surface area (Å²) in [6.07, 6.45) is -1.16. The van der Waals surface area contributed by atoms with E-state index in [4.69, 9.17) is 5.11 Å². The van der Waals surface area contributed by atoms with E-state index in [0.717, 1.165) is 4.90 Å². The Morgan fingerprint density at radius 3 is 1.78 bits per heavy atom. The molecule has 1 aromatic rings. The second-order valence-corrected chi connectivity index (χ2v) is 3.82. The summed E-state index contributed by atoms with van der Waals surface area (Å²) < 4.78 is 54.1. The fourth-order valence-corrected chi connectivity index (χ4v) is 1.30. The zero-order valence-corrected chi connectivity index (χ0v) is 9.98. The number of hydrogen-bond donors (Lipinski definition) is 1. The van der Waals surface area contributed by atoms with Crippen LogP contribution in [-0.2, 0) is 0 Å². The van der Waals surface area contributed by atoms with Gasteiger partial charge in [0.05, 0.1) is 0 Å². The summed E-state index contributed by atoms with van der Waals surface area (Å²) >= 11 is 0. The molecule has 1 aromatic carbocycles. The highest BCUT2D eigenvalue weighted by atomic mass is 19.2. The van der Waals surface area contributed by atoms with Crippen LogP contribution in [-0.4, -0.2) is 25.3 Å². The van der Waals surface area contributed by atoms with Crippen molar-refractivity contribution in [1.29, 1.82) is 0 Å². The summed E-state index contributed by atoms with van der Waals surface area (Å²) in [6.45, 7) is 1.25. The Labute approximate surface area is 102 Å². The molecule has 0 saturated heterocycles. The molecule has 0 aliphatic carbocycles. The second kappa shape index (κ2) is 5.27. The Kier molecular flexibility index (Phi) is 4.19. The summed E-state index contributed by atoms with van der Waals surface area (Å²) in [5.74, 6) is -2.29. The van der Waals surface area contributed by atoms with Gasteiger partial charge in [-0.2, -0.15) is 0 Å². The molecule has 1 atom stereocenters. The zero-order chi connectivity index (χ0) is 14.0. The highest BCUT2D eigenvalue weighted by Gasteiger charge is 2.25. The minimum absolute atomic E-state index is 0.812. The average molecular weight is 261 g/mol. The molecule has 2 nitrogen and oxygen atoms in total. The first kappa shape index (κ1) is 14.3. The lowest BCUT2D eigenvalue weighted by molar-refractivity contribution is 0.253. The van der Waals surface area contributed by atoms with Crippen molar-refractivity contribution in [1.82, 2.24) is 0 Å². The van der Waals surface area contributed by atoms with Gasteiger partial charge in [-0.15, -0.1) is 0 Å². The van der Waals surface area contributed by atoms with E-state index in [1.54, 1.807) is 0 Å². The largest absolute Gasteiger partial charge is 0.381 e. The first-order valence-corrected chi connectivity index (χ1v) is 5.00. The highest BCUT2D eigenvalue weighted by Crippen LogP contribution is 2.29. The molecule has 1 N–H and O–H groups in total. The van der Waals surface area contributed by atoms with Crippen LogP contribution >= 0.6 is 0 Å². The molecule has 98 valence electrons. The standard InChI is InChI=1S/C12H11F4NO/c1-6(18)4-5-7-8(13)10(15)12(17(2)3)11(16)9(7)14/h6,18H,1-3H3. The molecule has 0 spiro atoms. The van der Waals surface area contributed by atoms with Crippen LogP contribution < -0.4 is 4.90 Å². The van der Waals surface area contributed by atoms with Crippen LogP contribution in [0.3, 0.4) is 0 Å². The van der Waals surface area contributed by atoms with Crippen molar-refractivity contribution in [2.75, 3.05) is 19.0 Å². The van der Waals surface area contributed by atoms with E-state index in [1.807, 2.05) is 11.8 Å². The van der Waals surface area contributed by atoms with Crippen molar-refractivity contribution in [3.05, 3.63) is 28.8 Å². The van der Waals surface area contributed by atoms with E-state index in [1.165, 1.54) is 21.0 Å². The first-order chi connectivity index (χ1) is 8.27. The lowest BCUT2D eigenvalue weighted by atomic mass is 10.1. The third-order valence-electron chi connectivity index (χ3n) is 2.09. The third kappa shape index (κ3) is 2.57. The minimum Gasteiger partial charge on any atom is -0.381 e. The van der Waals surface area contributed by atoms with Crippen molar-refractivity contribution in [3.8, 4) is 11.8 Å². The lowest BCUT2D eigenvalue weighted by Gasteiger charge is -2.16. The maximum absolute atomic E-state index is 13.5. The van der Waals surface area contributed by atoms with Crippen molar-refractivity contribution >= 4 is 5.69 Å².